The Labute approximate surface area is 96.8 Å². The maximum atomic E-state index is 10.3. The van der Waals surface area contributed by atoms with E-state index in [2.05, 4.69) is 6.92 Å². The van der Waals surface area contributed by atoms with Gasteiger partial charge in [0.2, 0.25) is 0 Å². The van der Waals surface area contributed by atoms with Gasteiger partial charge in [0, 0.05) is 12.0 Å². The number of benzene rings is 1. The van der Waals surface area contributed by atoms with Gasteiger partial charge in [0.1, 0.15) is 12.0 Å². The van der Waals surface area contributed by atoms with E-state index < -0.39 is 0 Å². The summed E-state index contributed by atoms with van der Waals surface area (Å²) in [5.41, 5.74) is 0.964. The van der Waals surface area contributed by atoms with Crippen molar-refractivity contribution in [2.45, 2.75) is 19.8 Å². The van der Waals surface area contributed by atoms with Crippen molar-refractivity contribution in [2.24, 2.45) is 0 Å². The number of hydrogen-bond donors (Lipinski definition) is 0. The number of para-hydroxylation sites is 1. The fraction of sp³-hybridized carbons (Fsp3) is 0.364. The van der Waals surface area contributed by atoms with E-state index in [1.54, 1.807) is 0 Å². The van der Waals surface area contributed by atoms with Crippen LogP contribution in [0.5, 0.6) is 5.75 Å². The molecule has 0 heterocycles. The van der Waals surface area contributed by atoms with Crippen LogP contribution in [0.3, 0.4) is 0 Å². The minimum atomic E-state index is 0. The standard InChI is InChI=1S/C11H14O2.Li.H/c1-2-9-13-11-6-4-3-5-10(11)7-8-12;;/h3-6,8H,2,7,9H2,1H3;;. The van der Waals surface area contributed by atoms with Crippen molar-refractivity contribution in [1.29, 1.82) is 0 Å². The van der Waals surface area contributed by atoms with Gasteiger partial charge in [-0.05, 0) is 12.5 Å². The second kappa shape index (κ2) is 7.67. The van der Waals surface area contributed by atoms with Gasteiger partial charge in [0.25, 0.3) is 0 Å². The second-order valence-corrected chi connectivity index (χ2v) is 2.83. The van der Waals surface area contributed by atoms with E-state index in [0.29, 0.717) is 13.0 Å². The minimum absolute atomic E-state index is 0. The summed E-state index contributed by atoms with van der Waals surface area (Å²) in [5.74, 6) is 0.830. The molecule has 1 rings (SSSR count). The Morgan fingerprint density at radius 2 is 2.07 bits per heavy atom. The van der Waals surface area contributed by atoms with Crippen molar-refractivity contribution >= 4 is 25.1 Å². The average Bonchev–Trinajstić information content (AvgIpc) is 2.17. The van der Waals surface area contributed by atoms with Crippen LogP contribution in [0.4, 0.5) is 0 Å². The summed E-state index contributed by atoms with van der Waals surface area (Å²) in [4.78, 5) is 10.3. The molecule has 14 heavy (non-hydrogen) atoms. The Morgan fingerprint density at radius 3 is 2.71 bits per heavy atom. The molecule has 0 aliphatic carbocycles. The molecule has 0 saturated carbocycles. The van der Waals surface area contributed by atoms with Crippen molar-refractivity contribution in [3.8, 4) is 5.75 Å². The van der Waals surface area contributed by atoms with Crippen LogP contribution in [0, 0.1) is 0 Å². The first-order valence-electron chi connectivity index (χ1n) is 4.52. The van der Waals surface area contributed by atoms with Crippen molar-refractivity contribution in [1.82, 2.24) is 0 Å². The molecule has 0 N–H and O–H groups in total. The van der Waals surface area contributed by atoms with Crippen LogP contribution < -0.4 is 4.74 Å². The molecule has 0 aromatic heterocycles. The fourth-order valence-corrected chi connectivity index (χ4v) is 1.12. The van der Waals surface area contributed by atoms with Gasteiger partial charge in [-0.2, -0.15) is 0 Å². The van der Waals surface area contributed by atoms with Gasteiger partial charge in [-0.25, -0.2) is 0 Å². The summed E-state index contributed by atoms with van der Waals surface area (Å²) in [5, 5.41) is 0. The molecule has 0 aliphatic rings. The predicted molar refractivity (Wildman–Crippen MR) is 59.1 cm³/mol. The molecule has 0 spiro atoms. The number of rotatable bonds is 5. The summed E-state index contributed by atoms with van der Waals surface area (Å²) in [7, 11) is 0. The van der Waals surface area contributed by atoms with E-state index in [0.717, 1.165) is 24.0 Å². The quantitative estimate of drug-likeness (QED) is 0.515. The molecule has 72 valence electrons. The Kier molecular flexibility index (Phi) is 7.28. The first kappa shape index (κ1) is 13.3. The number of carbonyl (C=O) groups is 1. The van der Waals surface area contributed by atoms with E-state index in [1.807, 2.05) is 24.3 Å². The van der Waals surface area contributed by atoms with E-state index in [4.69, 9.17) is 4.74 Å². The van der Waals surface area contributed by atoms with E-state index in [9.17, 15) is 4.79 Å². The van der Waals surface area contributed by atoms with Crippen LogP contribution in [0.1, 0.15) is 18.9 Å². The first-order valence-corrected chi connectivity index (χ1v) is 4.52. The first-order chi connectivity index (χ1) is 6.38. The Balaban J connectivity index is 0.00000169. The number of ether oxygens (including phenoxy) is 1. The number of hydrogen-bond acceptors (Lipinski definition) is 2. The van der Waals surface area contributed by atoms with Gasteiger partial charge in [0.05, 0.1) is 6.61 Å². The zero-order valence-corrected chi connectivity index (χ0v) is 7.82. The second-order valence-electron chi connectivity index (χ2n) is 2.83. The summed E-state index contributed by atoms with van der Waals surface area (Å²) in [6, 6.07) is 7.64. The fourth-order valence-electron chi connectivity index (χ4n) is 1.12. The third-order valence-corrected chi connectivity index (χ3v) is 1.74. The molecule has 0 amide bonds. The van der Waals surface area contributed by atoms with Crippen LogP contribution >= 0.6 is 0 Å². The van der Waals surface area contributed by atoms with Crippen LogP contribution in [0.2, 0.25) is 0 Å². The van der Waals surface area contributed by atoms with Crippen LogP contribution in [-0.4, -0.2) is 31.8 Å². The third-order valence-electron chi connectivity index (χ3n) is 1.74. The predicted octanol–water partition coefficient (Wildman–Crippen LogP) is 1.57. The van der Waals surface area contributed by atoms with Gasteiger partial charge in [0.15, 0.2) is 0 Å². The van der Waals surface area contributed by atoms with Crippen molar-refractivity contribution in [2.75, 3.05) is 6.61 Å². The van der Waals surface area contributed by atoms with E-state index >= 15 is 0 Å². The van der Waals surface area contributed by atoms with E-state index in [1.165, 1.54) is 0 Å². The third kappa shape index (κ3) is 4.00. The van der Waals surface area contributed by atoms with Crippen molar-refractivity contribution in [3.63, 3.8) is 0 Å². The number of aldehydes is 1. The zero-order valence-electron chi connectivity index (χ0n) is 7.82. The maximum absolute atomic E-state index is 10.3. The van der Waals surface area contributed by atoms with Crippen LogP contribution in [0.25, 0.3) is 0 Å². The summed E-state index contributed by atoms with van der Waals surface area (Å²) >= 11 is 0. The molecule has 0 fully saturated rings. The zero-order chi connectivity index (χ0) is 9.52. The van der Waals surface area contributed by atoms with Crippen molar-refractivity contribution < 1.29 is 9.53 Å². The monoisotopic (exact) mass is 186 g/mol. The Morgan fingerprint density at radius 1 is 1.36 bits per heavy atom. The molecule has 3 heteroatoms. The molecule has 2 nitrogen and oxygen atoms in total. The van der Waals surface area contributed by atoms with E-state index in [-0.39, 0.29) is 18.9 Å². The van der Waals surface area contributed by atoms with Gasteiger partial charge < -0.3 is 9.53 Å². The van der Waals surface area contributed by atoms with Gasteiger partial charge in [-0.1, -0.05) is 25.1 Å². The molecule has 0 aliphatic heterocycles. The molecule has 0 bridgehead atoms. The van der Waals surface area contributed by atoms with Gasteiger partial charge >= 0.3 is 18.9 Å². The molecule has 0 radical (unpaired) electrons. The molecular weight excluding hydrogens is 171 g/mol. The SMILES string of the molecule is CCCOc1ccccc1CC=O.[LiH]. The molecule has 0 saturated heterocycles. The summed E-state index contributed by atoms with van der Waals surface area (Å²) in [6.07, 6.45) is 2.31. The summed E-state index contributed by atoms with van der Waals surface area (Å²) < 4.78 is 5.48. The molecular formula is C11H15LiO2. The molecule has 1 aromatic rings. The molecule has 1 aromatic carbocycles. The van der Waals surface area contributed by atoms with Gasteiger partial charge in [-0.15, -0.1) is 0 Å². The molecule has 0 unspecified atom stereocenters. The van der Waals surface area contributed by atoms with Gasteiger partial charge in [-0.3, -0.25) is 0 Å². The molecule has 0 atom stereocenters. The van der Waals surface area contributed by atoms with Crippen molar-refractivity contribution in [3.05, 3.63) is 29.8 Å². The Bertz CT molecular complexity index is 274. The number of carbonyl (C=O) groups excluding carboxylic acids is 1. The Hall–Kier alpha value is -0.713. The van der Waals surface area contributed by atoms with Crippen LogP contribution in [0.15, 0.2) is 24.3 Å². The average molecular weight is 186 g/mol. The summed E-state index contributed by atoms with van der Waals surface area (Å²) in [6.45, 7) is 2.76. The normalized spacial score (nSPS) is 8.93. The topological polar surface area (TPSA) is 26.3 Å². The van der Waals surface area contributed by atoms with Crippen LogP contribution in [-0.2, 0) is 11.2 Å².